The minimum atomic E-state index is -3.77. The fraction of sp³-hybridized carbons (Fsp3) is 0.316. The molecule has 0 atom stereocenters. The Labute approximate surface area is 174 Å². The van der Waals surface area contributed by atoms with Crippen molar-refractivity contribution in [1.82, 2.24) is 20.1 Å². The lowest BCUT2D eigenvalue weighted by Gasteiger charge is -2.30. The number of carbonyl (C=O) groups is 2. The Kier molecular flexibility index (Phi) is 6.51. The van der Waals surface area contributed by atoms with Crippen LogP contribution in [0.3, 0.4) is 0 Å². The molecule has 0 bridgehead atoms. The number of amides is 2. The number of sulfonamides is 1. The molecule has 1 aromatic heterocycles. The van der Waals surface area contributed by atoms with E-state index in [9.17, 15) is 18.0 Å². The molecule has 2 N–H and O–H groups in total. The largest absolute Gasteiger partial charge is 0.273 e. The summed E-state index contributed by atoms with van der Waals surface area (Å²) < 4.78 is 26.8. The smallest absolute Gasteiger partial charge is 0.269 e. The Morgan fingerprint density at radius 1 is 1.10 bits per heavy atom. The minimum absolute atomic E-state index is 0.0462. The monoisotopic (exact) mass is 436 g/mol. The number of aryl methyl sites for hydroxylation is 1. The van der Waals surface area contributed by atoms with Crippen LogP contribution in [0.15, 0.2) is 47.5 Å². The van der Waals surface area contributed by atoms with Gasteiger partial charge in [-0.1, -0.05) is 29.8 Å². The van der Waals surface area contributed by atoms with E-state index >= 15 is 0 Å². The van der Waals surface area contributed by atoms with Gasteiger partial charge in [-0.15, -0.1) is 0 Å². The van der Waals surface area contributed by atoms with Gasteiger partial charge in [0.1, 0.15) is 10.0 Å². The molecule has 29 heavy (non-hydrogen) atoms. The van der Waals surface area contributed by atoms with Gasteiger partial charge in [0.25, 0.3) is 5.91 Å². The molecule has 1 fully saturated rings. The predicted molar refractivity (Wildman–Crippen MR) is 108 cm³/mol. The molecule has 0 radical (unpaired) electrons. The number of benzene rings is 1. The molecule has 0 saturated carbocycles. The van der Waals surface area contributed by atoms with Crippen molar-refractivity contribution in [1.29, 1.82) is 0 Å². The number of nitrogens with zero attached hydrogens (tertiary/aromatic N) is 2. The maximum absolute atomic E-state index is 12.7. The zero-order valence-corrected chi connectivity index (χ0v) is 17.3. The third kappa shape index (κ3) is 4.75. The van der Waals surface area contributed by atoms with E-state index in [1.54, 1.807) is 25.1 Å². The number of halogens is 1. The fourth-order valence-electron chi connectivity index (χ4n) is 3.18. The van der Waals surface area contributed by atoms with Gasteiger partial charge in [-0.25, -0.2) is 13.4 Å². The molecule has 0 spiro atoms. The summed E-state index contributed by atoms with van der Waals surface area (Å²) in [6.07, 6.45) is 2.09. The molecule has 1 saturated heterocycles. The molecular weight excluding hydrogens is 416 g/mol. The van der Waals surface area contributed by atoms with Crippen LogP contribution in [-0.4, -0.2) is 42.6 Å². The zero-order valence-electron chi connectivity index (χ0n) is 15.8. The van der Waals surface area contributed by atoms with Crippen LogP contribution in [-0.2, 0) is 14.8 Å². The van der Waals surface area contributed by atoms with Gasteiger partial charge in [-0.3, -0.25) is 20.4 Å². The average Bonchev–Trinajstić information content (AvgIpc) is 2.72. The van der Waals surface area contributed by atoms with Crippen LogP contribution in [0.5, 0.6) is 0 Å². The van der Waals surface area contributed by atoms with Crippen molar-refractivity contribution < 1.29 is 18.0 Å². The molecule has 1 aliphatic heterocycles. The van der Waals surface area contributed by atoms with Gasteiger partial charge in [-0.05, 0) is 43.5 Å². The number of hydrogen-bond acceptors (Lipinski definition) is 5. The Morgan fingerprint density at radius 3 is 2.45 bits per heavy atom. The Hall–Kier alpha value is -2.49. The third-order valence-electron chi connectivity index (χ3n) is 4.86. The van der Waals surface area contributed by atoms with Crippen LogP contribution in [0, 0.1) is 12.8 Å². The average molecular weight is 437 g/mol. The fourth-order valence-corrected chi connectivity index (χ4v) is 5.07. The van der Waals surface area contributed by atoms with Crippen LogP contribution < -0.4 is 10.9 Å². The highest BCUT2D eigenvalue weighted by atomic mass is 35.5. The van der Waals surface area contributed by atoms with Crippen molar-refractivity contribution in [3.8, 4) is 0 Å². The lowest BCUT2D eigenvalue weighted by atomic mass is 9.97. The van der Waals surface area contributed by atoms with E-state index < -0.39 is 21.8 Å². The first-order chi connectivity index (χ1) is 13.8. The molecular formula is C19H21ClN4O4S. The highest BCUT2D eigenvalue weighted by molar-refractivity contribution is 7.89. The molecule has 0 aliphatic carbocycles. The normalized spacial score (nSPS) is 15.7. The summed E-state index contributed by atoms with van der Waals surface area (Å²) >= 11 is 5.92. The second-order valence-electron chi connectivity index (χ2n) is 6.73. The van der Waals surface area contributed by atoms with Crippen LogP contribution >= 0.6 is 11.6 Å². The van der Waals surface area contributed by atoms with Crippen molar-refractivity contribution in [2.24, 2.45) is 5.92 Å². The van der Waals surface area contributed by atoms with Crippen molar-refractivity contribution in [3.63, 3.8) is 0 Å². The summed E-state index contributed by atoms with van der Waals surface area (Å²) in [6.45, 7) is 2.16. The highest BCUT2D eigenvalue weighted by Gasteiger charge is 2.33. The number of carbonyl (C=O) groups excluding carboxylic acids is 2. The topological polar surface area (TPSA) is 108 Å². The molecule has 8 nitrogen and oxygen atoms in total. The lowest BCUT2D eigenvalue weighted by Crippen LogP contribution is -2.48. The third-order valence-corrected chi connectivity index (χ3v) is 7.20. The molecule has 2 heterocycles. The number of nitrogens with one attached hydrogen (secondary N) is 2. The van der Waals surface area contributed by atoms with E-state index in [1.165, 1.54) is 22.6 Å². The first-order valence-corrected chi connectivity index (χ1v) is 10.9. The summed E-state index contributed by atoms with van der Waals surface area (Å²) in [5.41, 5.74) is 6.12. The van der Waals surface area contributed by atoms with Gasteiger partial charge >= 0.3 is 0 Å². The maximum atomic E-state index is 12.7. The standard InChI is InChI=1S/C19H21ClN4O4S/c1-13-5-2-3-6-15(13)19(26)23-22-18(25)14-8-11-24(12-9-14)29(27,28)16-7-4-10-21-17(16)20/h2-7,10,14H,8-9,11-12H2,1H3,(H,22,25)(H,23,26). The van der Waals surface area contributed by atoms with Crippen molar-refractivity contribution in [2.45, 2.75) is 24.7 Å². The Morgan fingerprint density at radius 2 is 1.79 bits per heavy atom. The first kappa shape index (κ1) is 21.2. The number of hydrazine groups is 1. The zero-order chi connectivity index (χ0) is 21.0. The minimum Gasteiger partial charge on any atom is -0.273 e. The molecule has 154 valence electrons. The molecule has 2 aromatic rings. The Bertz CT molecular complexity index is 1020. The molecule has 1 aromatic carbocycles. The van der Waals surface area contributed by atoms with Crippen LogP contribution in [0.1, 0.15) is 28.8 Å². The number of pyridine rings is 1. The van der Waals surface area contributed by atoms with Crippen LogP contribution in [0.2, 0.25) is 5.15 Å². The second kappa shape index (κ2) is 8.89. The van der Waals surface area contributed by atoms with Crippen molar-refractivity contribution in [3.05, 3.63) is 58.9 Å². The van der Waals surface area contributed by atoms with E-state index in [0.29, 0.717) is 18.4 Å². The Balaban J connectivity index is 1.55. The number of rotatable bonds is 4. The van der Waals surface area contributed by atoms with E-state index in [2.05, 4.69) is 15.8 Å². The molecule has 0 unspecified atom stereocenters. The molecule has 10 heteroatoms. The highest BCUT2D eigenvalue weighted by Crippen LogP contribution is 2.26. The lowest BCUT2D eigenvalue weighted by molar-refractivity contribution is -0.126. The van der Waals surface area contributed by atoms with E-state index in [4.69, 9.17) is 11.6 Å². The predicted octanol–water partition coefficient (Wildman–Crippen LogP) is 1.91. The molecule has 3 rings (SSSR count). The SMILES string of the molecule is Cc1ccccc1C(=O)NNC(=O)C1CCN(S(=O)(=O)c2cccnc2Cl)CC1. The number of hydrogen-bond donors (Lipinski definition) is 2. The van der Waals surface area contributed by atoms with Gasteiger partial charge in [0.2, 0.25) is 15.9 Å². The van der Waals surface area contributed by atoms with Gasteiger partial charge in [0.15, 0.2) is 0 Å². The summed E-state index contributed by atoms with van der Waals surface area (Å²) in [6, 6.07) is 9.96. The number of aromatic nitrogens is 1. The van der Waals surface area contributed by atoms with Crippen LogP contribution in [0.4, 0.5) is 0 Å². The summed E-state index contributed by atoms with van der Waals surface area (Å²) in [5.74, 6) is -1.14. The van der Waals surface area contributed by atoms with Gasteiger partial charge in [0, 0.05) is 30.8 Å². The van der Waals surface area contributed by atoms with Gasteiger partial charge in [0.05, 0.1) is 0 Å². The van der Waals surface area contributed by atoms with Gasteiger partial charge < -0.3 is 0 Å². The van der Waals surface area contributed by atoms with Gasteiger partial charge in [-0.2, -0.15) is 4.31 Å². The summed E-state index contributed by atoms with van der Waals surface area (Å²) in [5, 5.41) is -0.0775. The van der Waals surface area contributed by atoms with Crippen molar-refractivity contribution in [2.75, 3.05) is 13.1 Å². The quantitative estimate of drug-likeness (QED) is 0.562. The molecule has 1 aliphatic rings. The van der Waals surface area contributed by atoms with Crippen LogP contribution in [0.25, 0.3) is 0 Å². The summed E-state index contributed by atoms with van der Waals surface area (Å²) in [7, 11) is -3.77. The van der Waals surface area contributed by atoms with E-state index in [0.717, 1.165) is 5.56 Å². The summed E-state index contributed by atoms with van der Waals surface area (Å²) in [4.78, 5) is 28.3. The van der Waals surface area contributed by atoms with E-state index in [-0.39, 0.29) is 29.0 Å². The first-order valence-electron chi connectivity index (χ1n) is 9.07. The second-order valence-corrected chi connectivity index (χ2v) is 8.99. The van der Waals surface area contributed by atoms with Crippen molar-refractivity contribution >= 4 is 33.4 Å². The maximum Gasteiger partial charge on any atom is 0.269 e. The molecule has 2 amide bonds. The number of piperidine rings is 1. The van der Waals surface area contributed by atoms with E-state index in [1.807, 2.05) is 6.07 Å².